The first-order valence-corrected chi connectivity index (χ1v) is 12.0. The molecule has 1 aliphatic heterocycles. The summed E-state index contributed by atoms with van der Waals surface area (Å²) < 4.78 is 22.1. The highest BCUT2D eigenvalue weighted by atomic mass is 35.5. The summed E-state index contributed by atoms with van der Waals surface area (Å²) in [4.78, 5) is 15.0. The van der Waals surface area contributed by atoms with Gasteiger partial charge in [0.05, 0.1) is 18.5 Å². The smallest absolute Gasteiger partial charge is 0.227 e. The zero-order valence-corrected chi connectivity index (χ0v) is 20.2. The fraction of sp³-hybridized carbons (Fsp3) is 0.280. The molecule has 9 nitrogen and oxygen atoms in total. The number of fused-ring (bicyclic) bond motifs is 1. The Morgan fingerprint density at radius 2 is 2.03 bits per heavy atom. The Hall–Kier alpha value is -3.60. The SMILES string of the molecule is C=Cc1cc(Nc2ncc(F)c(-c3cnc4ccc(Cl)nn34)n2)cc(OCCN2CCC(O)CC2)c1. The zero-order chi connectivity index (χ0) is 25.1. The summed E-state index contributed by atoms with van der Waals surface area (Å²) in [5.74, 6) is 0.246. The third-order valence-electron chi connectivity index (χ3n) is 5.97. The van der Waals surface area contributed by atoms with E-state index in [-0.39, 0.29) is 22.9 Å². The van der Waals surface area contributed by atoms with Gasteiger partial charge in [0.15, 0.2) is 11.5 Å². The number of nitrogens with one attached hydrogen (secondary N) is 1. The van der Waals surface area contributed by atoms with E-state index in [2.05, 4.69) is 36.8 Å². The Morgan fingerprint density at radius 3 is 2.83 bits per heavy atom. The minimum Gasteiger partial charge on any atom is -0.492 e. The molecule has 0 radical (unpaired) electrons. The molecule has 5 rings (SSSR count). The molecule has 0 spiro atoms. The predicted octanol–water partition coefficient (Wildman–Crippen LogP) is 4.20. The van der Waals surface area contributed by atoms with Crippen molar-refractivity contribution in [3.05, 3.63) is 65.8 Å². The molecule has 4 heterocycles. The molecule has 2 N–H and O–H groups in total. The van der Waals surface area contributed by atoms with Gasteiger partial charge in [-0.1, -0.05) is 24.3 Å². The number of ether oxygens (including phenoxy) is 1. The van der Waals surface area contributed by atoms with Crippen LogP contribution in [0, 0.1) is 5.82 Å². The van der Waals surface area contributed by atoms with E-state index in [1.54, 1.807) is 18.2 Å². The van der Waals surface area contributed by atoms with Crippen LogP contribution in [-0.2, 0) is 0 Å². The van der Waals surface area contributed by atoms with Crippen LogP contribution in [0.25, 0.3) is 23.1 Å². The quantitative estimate of drug-likeness (QED) is 0.364. The molecule has 0 saturated carbocycles. The van der Waals surface area contributed by atoms with E-state index < -0.39 is 5.82 Å². The molecule has 3 aromatic heterocycles. The van der Waals surface area contributed by atoms with Crippen molar-refractivity contribution in [1.82, 2.24) is 29.5 Å². The van der Waals surface area contributed by atoms with Crippen LogP contribution in [-0.4, -0.2) is 66.9 Å². The van der Waals surface area contributed by atoms with Crippen molar-refractivity contribution in [2.45, 2.75) is 18.9 Å². The normalized spacial score (nSPS) is 14.8. The number of anilines is 2. The summed E-state index contributed by atoms with van der Waals surface area (Å²) in [7, 11) is 0. The molecular weight excluding hydrogens is 485 g/mol. The Kier molecular flexibility index (Phi) is 7.08. The van der Waals surface area contributed by atoms with Crippen molar-refractivity contribution in [3.8, 4) is 17.1 Å². The second-order valence-electron chi connectivity index (χ2n) is 8.50. The van der Waals surface area contributed by atoms with Gasteiger partial charge in [-0.25, -0.2) is 23.9 Å². The number of hydrogen-bond acceptors (Lipinski definition) is 8. The Labute approximate surface area is 212 Å². The summed E-state index contributed by atoms with van der Waals surface area (Å²) in [6.07, 6.45) is 5.68. The van der Waals surface area contributed by atoms with Crippen LogP contribution in [0.4, 0.5) is 16.0 Å². The van der Waals surface area contributed by atoms with Gasteiger partial charge in [0.25, 0.3) is 0 Å². The van der Waals surface area contributed by atoms with Gasteiger partial charge in [0.1, 0.15) is 28.9 Å². The van der Waals surface area contributed by atoms with Gasteiger partial charge in [-0.3, -0.25) is 4.90 Å². The van der Waals surface area contributed by atoms with Crippen molar-refractivity contribution in [3.63, 3.8) is 0 Å². The van der Waals surface area contributed by atoms with Gasteiger partial charge in [-0.15, -0.1) is 0 Å². The lowest BCUT2D eigenvalue weighted by molar-refractivity contribution is 0.0755. The molecule has 1 fully saturated rings. The second-order valence-corrected chi connectivity index (χ2v) is 8.89. The first-order chi connectivity index (χ1) is 17.5. The van der Waals surface area contributed by atoms with Crippen LogP contribution in [0.1, 0.15) is 18.4 Å². The highest BCUT2D eigenvalue weighted by Gasteiger charge is 2.17. The van der Waals surface area contributed by atoms with Gasteiger partial charge in [-0.05, 0) is 42.7 Å². The standard InChI is InChI=1S/C25H25ClFN7O2/c1-2-16-11-17(13-19(12-16)36-10-9-33-7-5-18(35)6-8-33)30-25-29-14-20(27)24(31-25)21-15-28-23-4-3-22(26)32-34(21)23/h2-4,11-15,18,35H,1,5-10H2,(H,29,30,31). The van der Waals surface area contributed by atoms with Gasteiger partial charge in [-0.2, -0.15) is 5.10 Å². The molecule has 0 unspecified atom stereocenters. The fourth-order valence-electron chi connectivity index (χ4n) is 4.08. The van der Waals surface area contributed by atoms with E-state index in [9.17, 15) is 9.50 Å². The van der Waals surface area contributed by atoms with Crippen LogP contribution in [0.15, 0.2) is 49.3 Å². The molecule has 1 saturated heterocycles. The Morgan fingerprint density at radius 1 is 1.19 bits per heavy atom. The van der Waals surface area contributed by atoms with E-state index in [0.29, 0.717) is 29.4 Å². The van der Waals surface area contributed by atoms with E-state index in [1.165, 1.54) is 10.7 Å². The number of aromatic nitrogens is 5. The number of nitrogens with zero attached hydrogens (tertiary/aromatic N) is 6. The lowest BCUT2D eigenvalue weighted by Gasteiger charge is -2.29. The number of benzene rings is 1. The van der Waals surface area contributed by atoms with Crippen molar-refractivity contribution in [1.29, 1.82) is 0 Å². The maximum atomic E-state index is 14.7. The Bertz CT molecular complexity index is 1390. The number of imidazole rings is 1. The fourth-order valence-corrected chi connectivity index (χ4v) is 4.22. The molecule has 0 aliphatic carbocycles. The summed E-state index contributed by atoms with van der Waals surface area (Å²) in [6.45, 7) is 6.86. The molecule has 11 heteroatoms. The van der Waals surface area contributed by atoms with E-state index in [4.69, 9.17) is 16.3 Å². The number of aliphatic hydroxyl groups excluding tert-OH is 1. The van der Waals surface area contributed by atoms with Crippen LogP contribution < -0.4 is 10.1 Å². The maximum absolute atomic E-state index is 14.7. The number of rotatable bonds is 8. The highest BCUT2D eigenvalue weighted by molar-refractivity contribution is 6.29. The Balaban J connectivity index is 1.33. The van der Waals surface area contributed by atoms with Crippen LogP contribution in [0.3, 0.4) is 0 Å². The monoisotopic (exact) mass is 509 g/mol. The van der Waals surface area contributed by atoms with E-state index in [1.807, 2.05) is 18.2 Å². The van der Waals surface area contributed by atoms with Gasteiger partial charge in [0.2, 0.25) is 5.95 Å². The van der Waals surface area contributed by atoms with Crippen LogP contribution >= 0.6 is 11.6 Å². The maximum Gasteiger partial charge on any atom is 0.227 e. The lowest BCUT2D eigenvalue weighted by Crippen LogP contribution is -2.38. The zero-order valence-electron chi connectivity index (χ0n) is 19.4. The van der Waals surface area contributed by atoms with Crippen LogP contribution in [0.5, 0.6) is 5.75 Å². The van der Waals surface area contributed by atoms with Crippen molar-refractivity contribution < 1.29 is 14.2 Å². The summed E-state index contributed by atoms with van der Waals surface area (Å²) in [5.41, 5.74) is 2.42. The molecule has 0 amide bonds. The average Bonchev–Trinajstić information content (AvgIpc) is 3.29. The number of piperidine rings is 1. The molecule has 0 atom stereocenters. The molecule has 1 aliphatic rings. The minimum absolute atomic E-state index is 0.0396. The summed E-state index contributed by atoms with van der Waals surface area (Å²) in [6, 6.07) is 8.89. The van der Waals surface area contributed by atoms with Crippen molar-refractivity contribution >= 4 is 35.0 Å². The highest BCUT2D eigenvalue weighted by Crippen LogP contribution is 2.27. The van der Waals surface area contributed by atoms with Crippen LogP contribution in [0.2, 0.25) is 5.15 Å². The average molecular weight is 510 g/mol. The first kappa shape index (κ1) is 24.1. The molecule has 186 valence electrons. The van der Waals surface area contributed by atoms with Crippen molar-refractivity contribution in [2.75, 3.05) is 31.6 Å². The largest absolute Gasteiger partial charge is 0.492 e. The van der Waals surface area contributed by atoms with Gasteiger partial charge < -0.3 is 15.2 Å². The summed E-state index contributed by atoms with van der Waals surface area (Å²) >= 11 is 6.01. The van der Waals surface area contributed by atoms with E-state index >= 15 is 0 Å². The first-order valence-electron chi connectivity index (χ1n) is 11.6. The van der Waals surface area contributed by atoms with Gasteiger partial charge >= 0.3 is 0 Å². The lowest BCUT2D eigenvalue weighted by atomic mass is 10.1. The van der Waals surface area contributed by atoms with E-state index in [0.717, 1.165) is 44.2 Å². The molecule has 4 aromatic rings. The predicted molar refractivity (Wildman–Crippen MR) is 136 cm³/mol. The third-order valence-corrected chi connectivity index (χ3v) is 6.17. The molecule has 0 bridgehead atoms. The number of halogens is 2. The topological polar surface area (TPSA) is 101 Å². The third kappa shape index (κ3) is 5.46. The second kappa shape index (κ2) is 10.6. The van der Waals surface area contributed by atoms with Gasteiger partial charge in [0, 0.05) is 31.4 Å². The molecule has 36 heavy (non-hydrogen) atoms. The number of aliphatic hydroxyl groups is 1. The number of hydrogen-bond donors (Lipinski definition) is 2. The summed E-state index contributed by atoms with van der Waals surface area (Å²) in [5, 5.41) is 17.2. The minimum atomic E-state index is -0.613. The number of likely N-dealkylation sites (tertiary alicyclic amines) is 1. The van der Waals surface area contributed by atoms with Crippen molar-refractivity contribution in [2.24, 2.45) is 0 Å². The molecule has 1 aromatic carbocycles. The molecular formula is C25H25ClFN7O2.